The summed E-state index contributed by atoms with van der Waals surface area (Å²) in [6, 6.07) is 15.9. The van der Waals surface area contributed by atoms with Crippen LogP contribution in [0.25, 0.3) is 10.8 Å². The standard InChI is InChI=1S/C34H41ClFN3O4/c35-30-20-26(5-8-32(30)43-29-10-15-42-16-11-29)34(41)31(22-38-12-1-2-13-38)37-33(40)17-23-9-14-39(21-23)28-7-4-24-18-27(36)6-3-25(24)19-28/h3-8,18-20,23,29,31,34,41H,1-2,9-17,21-22H2,(H,37,40)/t23-,31-,34-/m1/s1. The van der Waals surface area contributed by atoms with Crippen molar-refractivity contribution >= 4 is 34.0 Å². The second kappa shape index (κ2) is 13.8. The average Bonchev–Trinajstić information content (AvgIpc) is 3.70. The maximum absolute atomic E-state index is 13.6. The number of amides is 1. The fraction of sp³-hybridized carbons (Fsp3) is 0.500. The van der Waals surface area contributed by atoms with E-state index in [2.05, 4.69) is 21.2 Å². The molecular weight excluding hydrogens is 569 g/mol. The van der Waals surface area contributed by atoms with Crippen molar-refractivity contribution in [3.63, 3.8) is 0 Å². The Balaban J connectivity index is 1.08. The van der Waals surface area contributed by atoms with Crippen molar-refractivity contribution in [1.29, 1.82) is 0 Å². The molecule has 3 saturated heterocycles. The van der Waals surface area contributed by atoms with Crippen LogP contribution in [0.15, 0.2) is 54.6 Å². The van der Waals surface area contributed by atoms with Crippen LogP contribution in [0.3, 0.4) is 0 Å². The molecule has 0 bridgehead atoms. The second-order valence-corrected chi connectivity index (χ2v) is 12.6. The molecule has 7 nitrogen and oxygen atoms in total. The van der Waals surface area contributed by atoms with E-state index >= 15 is 0 Å². The van der Waals surface area contributed by atoms with Crippen LogP contribution in [0.5, 0.6) is 5.75 Å². The summed E-state index contributed by atoms with van der Waals surface area (Å²) in [6.07, 6.45) is 4.39. The van der Waals surface area contributed by atoms with E-state index in [1.54, 1.807) is 18.2 Å². The monoisotopic (exact) mass is 609 g/mol. The molecule has 3 heterocycles. The zero-order valence-corrected chi connectivity index (χ0v) is 25.3. The molecule has 2 N–H and O–H groups in total. The lowest BCUT2D eigenvalue weighted by molar-refractivity contribution is -0.123. The van der Waals surface area contributed by atoms with E-state index in [0.29, 0.717) is 42.5 Å². The molecule has 43 heavy (non-hydrogen) atoms. The summed E-state index contributed by atoms with van der Waals surface area (Å²) in [5.74, 6) is 0.536. The second-order valence-electron chi connectivity index (χ2n) is 12.2. The smallest absolute Gasteiger partial charge is 0.220 e. The van der Waals surface area contributed by atoms with Crippen LogP contribution in [0, 0.1) is 11.7 Å². The van der Waals surface area contributed by atoms with Crippen LogP contribution in [-0.2, 0) is 9.53 Å². The zero-order valence-electron chi connectivity index (χ0n) is 24.5. The first-order valence-corrected chi connectivity index (χ1v) is 16.0. The summed E-state index contributed by atoms with van der Waals surface area (Å²) in [4.78, 5) is 18.0. The molecule has 6 rings (SSSR count). The molecule has 1 amide bonds. The van der Waals surface area contributed by atoms with E-state index in [-0.39, 0.29) is 23.7 Å². The van der Waals surface area contributed by atoms with E-state index in [1.165, 1.54) is 6.07 Å². The molecule has 3 fully saturated rings. The minimum atomic E-state index is -0.901. The van der Waals surface area contributed by atoms with E-state index in [4.69, 9.17) is 21.1 Å². The highest BCUT2D eigenvalue weighted by molar-refractivity contribution is 6.32. The fourth-order valence-electron chi connectivity index (χ4n) is 6.63. The minimum Gasteiger partial charge on any atom is -0.489 e. The zero-order chi connectivity index (χ0) is 29.8. The van der Waals surface area contributed by atoms with Gasteiger partial charge in [-0.15, -0.1) is 0 Å². The number of rotatable bonds is 10. The molecule has 0 aliphatic carbocycles. The topological polar surface area (TPSA) is 74.3 Å². The van der Waals surface area contributed by atoms with Gasteiger partial charge in [0.25, 0.3) is 0 Å². The van der Waals surface area contributed by atoms with Crippen LogP contribution in [0.2, 0.25) is 5.02 Å². The maximum atomic E-state index is 13.6. The van der Waals surface area contributed by atoms with Gasteiger partial charge in [-0.25, -0.2) is 4.39 Å². The summed E-state index contributed by atoms with van der Waals surface area (Å²) in [6.45, 7) is 5.53. The lowest BCUT2D eigenvalue weighted by atomic mass is 9.99. The number of ether oxygens (including phenoxy) is 2. The first-order valence-electron chi connectivity index (χ1n) is 15.6. The predicted octanol–water partition coefficient (Wildman–Crippen LogP) is 5.72. The molecular formula is C34H41ClFN3O4. The van der Waals surface area contributed by atoms with E-state index in [0.717, 1.165) is 74.7 Å². The number of nitrogens with one attached hydrogen (secondary N) is 1. The van der Waals surface area contributed by atoms with Gasteiger partial charge in [-0.05, 0) is 91.0 Å². The van der Waals surface area contributed by atoms with Gasteiger partial charge in [-0.3, -0.25) is 4.79 Å². The van der Waals surface area contributed by atoms with Gasteiger partial charge < -0.3 is 29.7 Å². The molecule has 3 aliphatic heterocycles. The van der Waals surface area contributed by atoms with Crippen LogP contribution in [0.4, 0.5) is 10.1 Å². The fourth-order valence-corrected chi connectivity index (χ4v) is 6.87. The number of carbonyl (C=O) groups is 1. The van der Waals surface area contributed by atoms with Crippen molar-refractivity contribution in [1.82, 2.24) is 10.2 Å². The largest absolute Gasteiger partial charge is 0.489 e. The molecule has 0 radical (unpaired) electrons. The molecule has 0 spiro atoms. The van der Waals surface area contributed by atoms with Crippen molar-refractivity contribution in [2.24, 2.45) is 5.92 Å². The van der Waals surface area contributed by atoms with Crippen LogP contribution >= 0.6 is 11.6 Å². The third kappa shape index (κ3) is 7.60. The van der Waals surface area contributed by atoms with Gasteiger partial charge in [0.05, 0.1) is 24.3 Å². The van der Waals surface area contributed by atoms with Gasteiger partial charge in [0, 0.05) is 44.6 Å². The number of benzene rings is 3. The van der Waals surface area contributed by atoms with Crippen molar-refractivity contribution in [3.8, 4) is 5.75 Å². The van der Waals surface area contributed by atoms with E-state index < -0.39 is 12.1 Å². The number of halogens is 2. The summed E-state index contributed by atoms with van der Waals surface area (Å²) < 4.78 is 25.1. The molecule has 3 aromatic rings. The Bertz CT molecular complexity index is 1410. The number of anilines is 1. The number of hydrogen-bond acceptors (Lipinski definition) is 6. The molecule has 3 atom stereocenters. The Morgan fingerprint density at radius 3 is 2.58 bits per heavy atom. The van der Waals surface area contributed by atoms with Crippen LogP contribution < -0.4 is 15.0 Å². The number of likely N-dealkylation sites (tertiary alicyclic amines) is 1. The molecule has 0 saturated carbocycles. The SMILES string of the molecule is O=C(C[C@H]1CCN(c2ccc3cc(F)ccc3c2)C1)N[C@H](CN1CCCC1)[C@H](O)c1ccc(OC2CCOCC2)c(Cl)c1. The van der Waals surface area contributed by atoms with Gasteiger partial charge in [-0.1, -0.05) is 29.8 Å². The average molecular weight is 610 g/mol. The Kier molecular flexibility index (Phi) is 9.67. The maximum Gasteiger partial charge on any atom is 0.220 e. The van der Waals surface area contributed by atoms with Gasteiger partial charge in [0.15, 0.2) is 0 Å². The first-order chi connectivity index (χ1) is 20.9. The third-order valence-corrected chi connectivity index (χ3v) is 9.35. The van der Waals surface area contributed by atoms with Gasteiger partial charge in [-0.2, -0.15) is 0 Å². The molecule has 0 aromatic heterocycles. The first kappa shape index (κ1) is 30.1. The normalized spacial score (nSPS) is 21.3. The Morgan fingerprint density at radius 2 is 1.79 bits per heavy atom. The lowest BCUT2D eigenvalue weighted by Gasteiger charge is -2.29. The van der Waals surface area contributed by atoms with Crippen molar-refractivity contribution < 1.29 is 23.8 Å². The summed E-state index contributed by atoms with van der Waals surface area (Å²) in [7, 11) is 0. The number of nitrogens with zero attached hydrogens (tertiary/aromatic N) is 2. The van der Waals surface area contributed by atoms with Crippen molar-refractivity contribution in [2.45, 2.75) is 56.8 Å². The quantitative estimate of drug-likeness (QED) is 0.306. The summed E-state index contributed by atoms with van der Waals surface area (Å²) in [5.41, 5.74) is 1.75. The molecule has 9 heteroatoms. The Morgan fingerprint density at radius 1 is 1.02 bits per heavy atom. The minimum absolute atomic E-state index is 0.0466. The molecule has 3 aliphatic rings. The highest BCUT2D eigenvalue weighted by Gasteiger charge is 2.30. The lowest BCUT2D eigenvalue weighted by Crippen LogP contribution is -2.47. The Labute approximate surface area is 257 Å². The molecule has 230 valence electrons. The van der Waals surface area contributed by atoms with Gasteiger partial charge in [0.2, 0.25) is 5.91 Å². The van der Waals surface area contributed by atoms with Crippen LogP contribution in [0.1, 0.15) is 50.2 Å². The van der Waals surface area contributed by atoms with E-state index in [9.17, 15) is 14.3 Å². The van der Waals surface area contributed by atoms with Crippen LogP contribution in [-0.4, -0.2) is 74.0 Å². The van der Waals surface area contributed by atoms with Gasteiger partial charge in [0.1, 0.15) is 23.8 Å². The molecule has 0 unspecified atom stereocenters. The number of hydrogen-bond donors (Lipinski definition) is 2. The van der Waals surface area contributed by atoms with E-state index in [1.807, 2.05) is 24.3 Å². The highest BCUT2D eigenvalue weighted by atomic mass is 35.5. The number of fused-ring (bicyclic) bond motifs is 1. The predicted molar refractivity (Wildman–Crippen MR) is 167 cm³/mol. The number of aliphatic hydroxyl groups excluding tert-OH is 1. The molecule has 3 aromatic carbocycles. The van der Waals surface area contributed by atoms with Crippen molar-refractivity contribution in [3.05, 3.63) is 71.0 Å². The van der Waals surface area contributed by atoms with Crippen molar-refractivity contribution in [2.75, 3.05) is 50.8 Å². The number of aliphatic hydroxyl groups is 1. The highest BCUT2D eigenvalue weighted by Crippen LogP contribution is 2.32. The summed E-state index contributed by atoms with van der Waals surface area (Å²) in [5, 5.41) is 17.0. The number of carbonyl (C=O) groups excluding carboxylic acids is 1. The van der Waals surface area contributed by atoms with Gasteiger partial charge >= 0.3 is 0 Å². The summed E-state index contributed by atoms with van der Waals surface area (Å²) >= 11 is 6.60. The third-order valence-electron chi connectivity index (χ3n) is 9.05. The Hall–Kier alpha value is -2.91.